The first-order valence-electron chi connectivity index (χ1n) is 7.51. The van der Waals surface area contributed by atoms with E-state index in [1.165, 1.54) is 18.2 Å². The van der Waals surface area contributed by atoms with Gasteiger partial charge in [-0.05, 0) is 42.8 Å². The van der Waals surface area contributed by atoms with Gasteiger partial charge in [-0.1, -0.05) is 30.1 Å². The summed E-state index contributed by atoms with van der Waals surface area (Å²) >= 11 is 11.7. The highest BCUT2D eigenvalue weighted by atomic mass is 35.5. The Morgan fingerprint density at radius 3 is 2.48 bits per heavy atom. The summed E-state index contributed by atoms with van der Waals surface area (Å²) in [6.07, 6.45) is 0.781. The summed E-state index contributed by atoms with van der Waals surface area (Å²) in [5.74, 6) is -0.909. The lowest BCUT2D eigenvalue weighted by Gasteiger charge is -2.13. The fourth-order valence-corrected chi connectivity index (χ4v) is 2.46. The molecule has 3 amide bonds. The molecule has 0 spiro atoms. The van der Waals surface area contributed by atoms with Crippen molar-refractivity contribution in [1.29, 1.82) is 0 Å². The molecule has 2 rings (SSSR count). The first kappa shape index (κ1) is 19.0. The molecular formula is C17H16Cl2FN3O2. The molecule has 0 aliphatic carbocycles. The predicted octanol–water partition coefficient (Wildman–Crippen LogP) is 4.92. The van der Waals surface area contributed by atoms with E-state index in [9.17, 15) is 14.0 Å². The molecule has 0 aromatic heterocycles. The summed E-state index contributed by atoms with van der Waals surface area (Å²) in [7, 11) is 0. The first-order valence-corrected chi connectivity index (χ1v) is 8.26. The van der Waals surface area contributed by atoms with Crippen LogP contribution in [0, 0.1) is 5.82 Å². The van der Waals surface area contributed by atoms with Gasteiger partial charge < -0.3 is 16.0 Å². The molecule has 2 aromatic carbocycles. The maximum atomic E-state index is 13.3. The van der Waals surface area contributed by atoms with E-state index in [-0.39, 0.29) is 27.9 Å². The molecule has 0 saturated heterocycles. The van der Waals surface area contributed by atoms with Gasteiger partial charge in [-0.2, -0.15) is 0 Å². The zero-order chi connectivity index (χ0) is 18.4. The van der Waals surface area contributed by atoms with E-state index in [1.54, 1.807) is 6.07 Å². The Morgan fingerprint density at radius 1 is 1.04 bits per heavy atom. The van der Waals surface area contributed by atoms with E-state index in [2.05, 4.69) is 16.0 Å². The van der Waals surface area contributed by atoms with Crippen molar-refractivity contribution in [2.75, 3.05) is 17.2 Å². The van der Waals surface area contributed by atoms with Crippen LogP contribution in [0.4, 0.5) is 20.6 Å². The van der Waals surface area contributed by atoms with Gasteiger partial charge in [-0.3, -0.25) is 4.79 Å². The fourth-order valence-electron chi connectivity index (χ4n) is 2.06. The number of hydrogen-bond acceptors (Lipinski definition) is 2. The second kappa shape index (κ2) is 8.69. The molecule has 0 radical (unpaired) electrons. The number of urea groups is 1. The number of hydrogen-bond donors (Lipinski definition) is 3. The van der Waals surface area contributed by atoms with Crippen molar-refractivity contribution in [2.45, 2.75) is 13.3 Å². The van der Waals surface area contributed by atoms with Crippen molar-refractivity contribution in [2.24, 2.45) is 0 Å². The van der Waals surface area contributed by atoms with Crippen molar-refractivity contribution in [3.63, 3.8) is 0 Å². The molecule has 0 aliphatic heterocycles. The van der Waals surface area contributed by atoms with Crippen LogP contribution in [0.25, 0.3) is 0 Å². The Labute approximate surface area is 154 Å². The van der Waals surface area contributed by atoms with Gasteiger partial charge in [-0.25, -0.2) is 9.18 Å². The maximum absolute atomic E-state index is 13.3. The average Bonchev–Trinajstić information content (AvgIpc) is 2.51. The summed E-state index contributed by atoms with van der Waals surface area (Å²) in [5, 5.41) is 8.22. The monoisotopic (exact) mass is 383 g/mol. The molecule has 0 saturated carbocycles. The van der Waals surface area contributed by atoms with Crippen molar-refractivity contribution in [1.82, 2.24) is 5.32 Å². The van der Waals surface area contributed by atoms with Crippen molar-refractivity contribution in [3.8, 4) is 0 Å². The van der Waals surface area contributed by atoms with E-state index >= 15 is 0 Å². The number of nitrogens with one attached hydrogen (secondary N) is 3. The van der Waals surface area contributed by atoms with Gasteiger partial charge in [-0.15, -0.1) is 0 Å². The number of carbonyl (C=O) groups excluding carboxylic acids is 2. The van der Waals surface area contributed by atoms with E-state index in [0.29, 0.717) is 11.6 Å². The van der Waals surface area contributed by atoms with E-state index < -0.39 is 11.8 Å². The molecule has 0 aliphatic rings. The third-order valence-electron chi connectivity index (χ3n) is 3.13. The molecule has 0 heterocycles. The lowest BCUT2D eigenvalue weighted by molar-refractivity contribution is 0.0954. The highest BCUT2D eigenvalue weighted by Crippen LogP contribution is 2.22. The van der Waals surface area contributed by atoms with E-state index in [4.69, 9.17) is 23.2 Å². The molecule has 0 bridgehead atoms. The number of carbonyl (C=O) groups is 2. The third kappa shape index (κ3) is 5.62. The Hall–Kier alpha value is -2.31. The van der Waals surface area contributed by atoms with Crippen LogP contribution in [0.1, 0.15) is 23.7 Å². The zero-order valence-corrected chi connectivity index (χ0v) is 14.8. The third-order valence-corrected chi connectivity index (χ3v) is 3.58. The minimum Gasteiger partial charge on any atom is -0.352 e. The summed E-state index contributed by atoms with van der Waals surface area (Å²) < 4.78 is 13.3. The fraction of sp³-hybridized carbons (Fsp3) is 0.176. The number of benzene rings is 2. The molecule has 8 heteroatoms. The average molecular weight is 384 g/mol. The lowest BCUT2D eigenvalue weighted by atomic mass is 10.1. The van der Waals surface area contributed by atoms with Crippen molar-refractivity contribution in [3.05, 3.63) is 57.8 Å². The van der Waals surface area contributed by atoms with Crippen molar-refractivity contribution >= 4 is 46.5 Å². The Morgan fingerprint density at radius 2 is 1.80 bits per heavy atom. The SMILES string of the molecule is CCCNC(=O)c1ccc(Cl)cc1NC(=O)Nc1cc(F)cc(Cl)c1. The van der Waals surface area contributed by atoms with Crippen LogP contribution in [0.3, 0.4) is 0 Å². The maximum Gasteiger partial charge on any atom is 0.323 e. The van der Waals surface area contributed by atoms with Gasteiger partial charge >= 0.3 is 6.03 Å². The molecule has 0 atom stereocenters. The summed E-state index contributed by atoms with van der Waals surface area (Å²) in [4.78, 5) is 24.3. The number of halogens is 3. The predicted molar refractivity (Wildman–Crippen MR) is 98.1 cm³/mol. The van der Waals surface area contributed by atoms with Gasteiger partial charge in [0.1, 0.15) is 5.82 Å². The second-order valence-electron chi connectivity index (χ2n) is 5.18. The van der Waals surface area contributed by atoms with Gasteiger partial charge in [0.15, 0.2) is 0 Å². The first-order chi connectivity index (χ1) is 11.9. The molecule has 25 heavy (non-hydrogen) atoms. The summed E-state index contributed by atoms with van der Waals surface area (Å²) in [5.41, 5.74) is 0.688. The largest absolute Gasteiger partial charge is 0.352 e. The summed E-state index contributed by atoms with van der Waals surface area (Å²) in [6, 6.07) is 7.52. The van der Waals surface area contributed by atoms with Crippen molar-refractivity contribution < 1.29 is 14.0 Å². The van der Waals surface area contributed by atoms with Gasteiger partial charge in [0.05, 0.1) is 11.3 Å². The second-order valence-corrected chi connectivity index (χ2v) is 6.06. The quantitative estimate of drug-likeness (QED) is 0.685. The minimum atomic E-state index is -0.659. The molecule has 3 N–H and O–H groups in total. The molecule has 0 fully saturated rings. The Kier molecular flexibility index (Phi) is 6.61. The van der Waals surface area contributed by atoms with Crippen LogP contribution in [-0.4, -0.2) is 18.5 Å². The number of anilines is 2. The number of amides is 3. The van der Waals surface area contributed by atoms with Crippen LogP contribution in [0.5, 0.6) is 0 Å². The molecule has 2 aromatic rings. The van der Waals surface area contributed by atoms with Crippen LogP contribution in [0.2, 0.25) is 10.0 Å². The summed E-state index contributed by atoms with van der Waals surface area (Å²) in [6.45, 7) is 2.44. The van der Waals surface area contributed by atoms with Gasteiger partial charge in [0, 0.05) is 22.3 Å². The molecule has 5 nitrogen and oxygen atoms in total. The lowest BCUT2D eigenvalue weighted by Crippen LogP contribution is -2.27. The standard InChI is InChI=1S/C17H16Cl2FN3O2/c1-2-5-21-16(24)14-4-3-10(18)8-15(14)23-17(25)22-13-7-11(19)6-12(20)9-13/h3-4,6-9H,2,5H2,1H3,(H,21,24)(H2,22,23,25). The Bertz CT molecular complexity index is 779. The number of rotatable bonds is 5. The van der Waals surface area contributed by atoms with Crippen LogP contribution in [-0.2, 0) is 0 Å². The van der Waals surface area contributed by atoms with Gasteiger partial charge in [0.25, 0.3) is 5.91 Å². The van der Waals surface area contributed by atoms with Crippen LogP contribution in [0.15, 0.2) is 36.4 Å². The minimum absolute atomic E-state index is 0.151. The molecule has 0 unspecified atom stereocenters. The van der Waals surface area contributed by atoms with Gasteiger partial charge in [0.2, 0.25) is 0 Å². The highest BCUT2D eigenvalue weighted by Gasteiger charge is 2.14. The van der Waals surface area contributed by atoms with E-state index in [1.807, 2.05) is 6.92 Å². The topological polar surface area (TPSA) is 70.2 Å². The molecular weight excluding hydrogens is 368 g/mol. The van der Waals surface area contributed by atoms with Crippen LogP contribution >= 0.6 is 23.2 Å². The molecule has 132 valence electrons. The zero-order valence-electron chi connectivity index (χ0n) is 13.3. The van der Waals surface area contributed by atoms with Crippen LogP contribution < -0.4 is 16.0 Å². The van der Waals surface area contributed by atoms with E-state index in [0.717, 1.165) is 18.6 Å². The smallest absolute Gasteiger partial charge is 0.323 e. The normalized spacial score (nSPS) is 10.2. The highest BCUT2D eigenvalue weighted by molar-refractivity contribution is 6.31. The Balaban J connectivity index is 2.16.